The second kappa shape index (κ2) is 5.64. The molecule has 0 N–H and O–H groups in total. The standard InChI is InChI=1S/C27H16O/c28-27-23-15-7-5-13-21(23)26(22-14-6-8-16-24(22)27)25-19-11-3-1-9-17(19)18-10-2-4-12-20(18)25/h1-16H. The van der Waals surface area contributed by atoms with Crippen LogP contribution in [-0.4, -0.2) is 5.78 Å². The third-order valence-electron chi connectivity index (χ3n) is 5.82. The van der Waals surface area contributed by atoms with Crippen molar-refractivity contribution in [1.29, 1.82) is 0 Å². The van der Waals surface area contributed by atoms with Crippen molar-refractivity contribution in [3.8, 4) is 11.1 Å². The van der Waals surface area contributed by atoms with Gasteiger partial charge in [0.15, 0.2) is 5.78 Å². The molecule has 0 aromatic heterocycles. The first-order valence-corrected chi connectivity index (χ1v) is 9.51. The summed E-state index contributed by atoms with van der Waals surface area (Å²) in [7, 11) is 0. The van der Waals surface area contributed by atoms with Crippen LogP contribution in [0.5, 0.6) is 0 Å². The lowest BCUT2D eigenvalue weighted by Gasteiger charge is -2.24. The summed E-state index contributed by atoms with van der Waals surface area (Å²) in [5, 5.41) is 0. The second-order valence-corrected chi connectivity index (χ2v) is 7.26. The van der Waals surface area contributed by atoms with Crippen LogP contribution in [0, 0.1) is 0 Å². The fraction of sp³-hybridized carbons (Fsp3) is 0. The number of hydrogen-bond donors (Lipinski definition) is 0. The van der Waals surface area contributed by atoms with Crippen molar-refractivity contribution in [2.75, 3.05) is 0 Å². The van der Waals surface area contributed by atoms with E-state index in [-0.39, 0.29) is 5.78 Å². The fourth-order valence-electron chi connectivity index (χ4n) is 4.64. The molecule has 6 rings (SSSR count). The van der Waals surface area contributed by atoms with Gasteiger partial charge in [-0.1, -0.05) is 97.1 Å². The number of carbonyl (C=O) groups excluding carboxylic acids is 1. The van der Waals surface area contributed by atoms with Crippen LogP contribution in [0.15, 0.2) is 97.1 Å². The van der Waals surface area contributed by atoms with Gasteiger partial charge >= 0.3 is 0 Å². The van der Waals surface area contributed by atoms with Crippen LogP contribution >= 0.6 is 0 Å². The SMILES string of the molecule is O=C1c2ccccc2C(=C2c3ccccc3-c3ccccc32)c2ccccc21. The number of benzene rings is 4. The topological polar surface area (TPSA) is 17.1 Å². The number of hydrogen-bond acceptors (Lipinski definition) is 1. The van der Waals surface area contributed by atoms with Gasteiger partial charge in [-0.05, 0) is 44.5 Å². The molecular formula is C27H16O. The average molecular weight is 356 g/mol. The van der Waals surface area contributed by atoms with Gasteiger partial charge < -0.3 is 0 Å². The second-order valence-electron chi connectivity index (χ2n) is 7.26. The van der Waals surface area contributed by atoms with Crippen LogP contribution in [0.4, 0.5) is 0 Å². The highest BCUT2D eigenvalue weighted by Crippen LogP contribution is 2.50. The molecular weight excluding hydrogens is 340 g/mol. The fourth-order valence-corrected chi connectivity index (χ4v) is 4.64. The molecule has 2 aliphatic carbocycles. The summed E-state index contributed by atoms with van der Waals surface area (Å²) in [5.41, 5.74) is 11.0. The third-order valence-corrected chi connectivity index (χ3v) is 5.82. The van der Waals surface area contributed by atoms with Crippen molar-refractivity contribution < 1.29 is 4.79 Å². The van der Waals surface area contributed by atoms with Crippen molar-refractivity contribution in [1.82, 2.24) is 0 Å². The molecule has 0 radical (unpaired) electrons. The van der Waals surface area contributed by atoms with Crippen LogP contribution in [0.3, 0.4) is 0 Å². The zero-order valence-electron chi connectivity index (χ0n) is 15.1. The van der Waals surface area contributed by atoms with Crippen molar-refractivity contribution in [2.24, 2.45) is 0 Å². The molecule has 2 aliphatic rings. The van der Waals surface area contributed by atoms with E-state index in [1.165, 1.54) is 27.8 Å². The molecule has 0 heterocycles. The van der Waals surface area contributed by atoms with Crippen LogP contribution in [0.25, 0.3) is 22.3 Å². The van der Waals surface area contributed by atoms with Gasteiger partial charge in [-0.3, -0.25) is 4.79 Å². The molecule has 0 aliphatic heterocycles. The van der Waals surface area contributed by atoms with Gasteiger partial charge in [0.05, 0.1) is 0 Å². The number of fused-ring (bicyclic) bond motifs is 5. The monoisotopic (exact) mass is 356 g/mol. The summed E-state index contributed by atoms with van der Waals surface area (Å²) in [6, 6.07) is 33.1. The first-order valence-electron chi connectivity index (χ1n) is 9.51. The number of ketones is 1. The number of rotatable bonds is 0. The van der Waals surface area contributed by atoms with Gasteiger partial charge in [-0.25, -0.2) is 0 Å². The highest BCUT2D eigenvalue weighted by molar-refractivity contribution is 6.24. The molecule has 4 aromatic carbocycles. The Hall–Kier alpha value is -3.71. The molecule has 0 saturated carbocycles. The molecule has 1 nitrogen and oxygen atoms in total. The van der Waals surface area contributed by atoms with E-state index >= 15 is 0 Å². The van der Waals surface area contributed by atoms with Gasteiger partial charge in [0.2, 0.25) is 0 Å². The summed E-state index contributed by atoms with van der Waals surface area (Å²) >= 11 is 0. The van der Waals surface area contributed by atoms with Gasteiger partial charge in [0.1, 0.15) is 0 Å². The minimum Gasteiger partial charge on any atom is -0.289 e. The van der Waals surface area contributed by atoms with Crippen LogP contribution in [0.1, 0.15) is 38.2 Å². The Balaban J connectivity index is 1.83. The molecule has 0 amide bonds. The highest BCUT2D eigenvalue weighted by Gasteiger charge is 2.32. The van der Waals surface area contributed by atoms with Crippen LogP contribution < -0.4 is 0 Å². The maximum Gasteiger partial charge on any atom is 0.194 e. The molecule has 4 aromatic rings. The lowest BCUT2D eigenvalue weighted by Crippen LogP contribution is -2.15. The Kier molecular flexibility index (Phi) is 3.09. The minimum atomic E-state index is 0.107. The van der Waals surface area contributed by atoms with Crippen molar-refractivity contribution in [2.45, 2.75) is 0 Å². The van der Waals surface area contributed by atoms with Crippen molar-refractivity contribution >= 4 is 16.9 Å². The Morgan fingerprint density at radius 2 is 0.571 bits per heavy atom. The van der Waals surface area contributed by atoms with E-state index < -0.39 is 0 Å². The van der Waals surface area contributed by atoms with Gasteiger partial charge in [0.25, 0.3) is 0 Å². The summed E-state index contributed by atoms with van der Waals surface area (Å²) in [5.74, 6) is 0.107. The summed E-state index contributed by atoms with van der Waals surface area (Å²) < 4.78 is 0. The minimum absolute atomic E-state index is 0.107. The third kappa shape index (κ3) is 1.93. The van der Waals surface area contributed by atoms with E-state index in [4.69, 9.17) is 0 Å². The summed E-state index contributed by atoms with van der Waals surface area (Å²) in [4.78, 5) is 13.1. The smallest absolute Gasteiger partial charge is 0.194 e. The number of carbonyl (C=O) groups is 1. The normalized spacial score (nSPS) is 13.6. The zero-order chi connectivity index (χ0) is 18.7. The molecule has 130 valence electrons. The van der Waals surface area contributed by atoms with E-state index in [9.17, 15) is 4.79 Å². The van der Waals surface area contributed by atoms with E-state index in [1.54, 1.807) is 0 Å². The van der Waals surface area contributed by atoms with E-state index in [0.717, 1.165) is 27.8 Å². The Bertz CT molecular complexity index is 1220. The maximum atomic E-state index is 13.1. The van der Waals surface area contributed by atoms with Crippen LogP contribution in [0.2, 0.25) is 0 Å². The molecule has 0 saturated heterocycles. The zero-order valence-corrected chi connectivity index (χ0v) is 15.1. The average Bonchev–Trinajstić information content (AvgIpc) is 3.09. The van der Waals surface area contributed by atoms with E-state index in [2.05, 4.69) is 60.7 Å². The lowest BCUT2D eigenvalue weighted by atomic mass is 9.78. The van der Waals surface area contributed by atoms with Gasteiger partial charge in [-0.2, -0.15) is 0 Å². The van der Waals surface area contributed by atoms with Gasteiger partial charge in [0, 0.05) is 11.1 Å². The first-order chi connectivity index (χ1) is 13.8. The first kappa shape index (κ1) is 15.4. The Morgan fingerprint density at radius 1 is 0.321 bits per heavy atom. The maximum absolute atomic E-state index is 13.1. The van der Waals surface area contributed by atoms with Crippen LogP contribution in [-0.2, 0) is 0 Å². The molecule has 0 bridgehead atoms. The largest absolute Gasteiger partial charge is 0.289 e. The molecule has 0 spiro atoms. The molecule has 0 atom stereocenters. The lowest BCUT2D eigenvalue weighted by molar-refractivity contribution is 0.103. The predicted molar refractivity (Wildman–Crippen MR) is 113 cm³/mol. The summed E-state index contributed by atoms with van der Waals surface area (Å²) in [6.45, 7) is 0. The summed E-state index contributed by atoms with van der Waals surface area (Å²) in [6.07, 6.45) is 0. The predicted octanol–water partition coefficient (Wildman–Crippen LogP) is 6.22. The molecule has 1 heteroatoms. The quantitative estimate of drug-likeness (QED) is 0.316. The molecule has 0 fully saturated rings. The Labute approximate surface area is 163 Å². The highest BCUT2D eigenvalue weighted by atomic mass is 16.1. The molecule has 0 unspecified atom stereocenters. The van der Waals surface area contributed by atoms with E-state index in [1.807, 2.05) is 36.4 Å². The Morgan fingerprint density at radius 3 is 0.929 bits per heavy atom. The van der Waals surface area contributed by atoms with E-state index in [0.29, 0.717) is 0 Å². The van der Waals surface area contributed by atoms with Gasteiger partial charge in [-0.15, -0.1) is 0 Å². The van der Waals surface area contributed by atoms with Crippen molar-refractivity contribution in [3.05, 3.63) is 130 Å². The molecule has 28 heavy (non-hydrogen) atoms. The van der Waals surface area contributed by atoms with Crippen molar-refractivity contribution in [3.63, 3.8) is 0 Å².